The third kappa shape index (κ3) is 6.89. The number of nitrogens with two attached hydrogens (primary N) is 1. The normalized spacial score (nSPS) is 11.4. The summed E-state index contributed by atoms with van der Waals surface area (Å²) in [5, 5.41) is 2.80. The fourth-order valence-electron chi connectivity index (χ4n) is 1.45. The molecule has 3 nitrogen and oxygen atoms in total. The van der Waals surface area contributed by atoms with E-state index in [9.17, 15) is 4.79 Å². The Balaban J connectivity index is 3.76. The highest BCUT2D eigenvalue weighted by Crippen LogP contribution is 2.27. The van der Waals surface area contributed by atoms with Crippen LogP contribution in [0.3, 0.4) is 0 Å². The molecule has 0 aromatic heterocycles. The Kier molecular flexibility index (Phi) is 6.54. The molecule has 0 heterocycles. The Labute approximate surface area is 87.4 Å². The van der Waals surface area contributed by atoms with Crippen LogP contribution in [0.2, 0.25) is 0 Å². The van der Waals surface area contributed by atoms with Gasteiger partial charge in [-0.3, -0.25) is 4.79 Å². The Morgan fingerprint density at radius 2 is 2.07 bits per heavy atom. The van der Waals surface area contributed by atoms with E-state index in [2.05, 4.69) is 26.1 Å². The zero-order chi connectivity index (χ0) is 11.0. The van der Waals surface area contributed by atoms with Gasteiger partial charge in [0.1, 0.15) is 0 Å². The standard InChI is InChI=1S/C11H24N2O/c1-4-5-6-11(2,3)9-10(14)13-8-7-12/h4-9,12H2,1-3H3,(H,13,14). The molecule has 0 saturated carbocycles. The van der Waals surface area contributed by atoms with Crippen LogP contribution in [0.4, 0.5) is 0 Å². The molecule has 1 amide bonds. The van der Waals surface area contributed by atoms with Gasteiger partial charge < -0.3 is 11.1 Å². The number of nitrogens with one attached hydrogen (secondary N) is 1. The van der Waals surface area contributed by atoms with Gasteiger partial charge in [-0.05, 0) is 11.8 Å². The summed E-state index contributed by atoms with van der Waals surface area (Å²) >= 11 is 0. The zero-order valence-electron chi connectivity index (χ0n) is 9.73. The molecule has 0 aromatic rings. The molecule has 0 aromatic carbocycles. The van der Waals surface area contributed by atoms with Crippen LogP contribution in [0.25, 0.3) is 0 Å². The maximum atomic E-state index is 11.4. The lowest BCUT2D eigenvalue weighted by Gasteiger charge is -2.23. The molecule has 0 aliphatic rings. The third-order valence-corrected chi connectivity index (χ3v) is 2.31. The monoisotopic (exact) mass is 200 g/mol. The van der Waals surface area contributed by atoms with Crippen molar-refractivity contribution < 1.29 is 4.79 Å². The summed E-state index contributed by atoms with van der Waals surface area (Å²) in [6, 6.07) is 0. The number of carbonyl (C=O) groups is 1. The van der Waals surface area contributed by atoms with Crippen molar-refractivity contribution in [3.05, 3.63) is 0 Å². The number of unbranched alkanes of at least 4 members (excludes halogenated alkanes) is 1. The fourth-order valence-corrected chi connectivity index (χ4v) is 1.45. The first-order valence-electron chi connectivity index (χ1n) is 5.48. The Bertz CT molecular complexity index is 167. The van der Waals surface area contributed by atoms with Crippen LogP contribution in [0, 0.1) is 5.41 Å². The summed E-state index contributed by atoms with van der Waals surface area (Å²) in [4.78, 5) is 11.4. The molecule has 0 rings (SSSR count). The largest absolute Gasteiger partial charge is 0.355 e. The van der Waals surface area contributed by atoms with E-state index in [0.29, 0.717) is 19.5 Å². The molecule has 0 radical (unpaired) electrons. The molecule has 0 bridgehead atoms. The van der Waals surface area contributed by atoms with Crippen LogP contribution in [0.5, 0.6) is 0 Å². The molecule has 0 unspecified atom stereocenters. The van der Waals surface area contributed by atoms with Gasteiger partial charge in [-0.15, -0.1) is 0 Å². The summed E-state index contributed by atoms with van der Waals surface area (Å²) in [7, 11) is 0. The maximum absolute atomic E-state index is 11.4. The first-order valence-corrected chi connectivity index (χ1v) is 5.48. The second kappa shape index (κ2) is 6.82. The summed E-state index contributed by atoms with van der Waals surface area (Å²) in [6.07, 6.45) is 4.09. The van der Waals surface area contributed by atoms with Crippen LogP contribution >= 0.6 is 0 Å². The Morgan fingerprint density at radius 3 is 2.57 bits per heavy atom. The minimum atomic E-state index is 0.120. The smallest absolute Gasteiger partial charge is 0.220 e. The zero-order valence-corrected chi connectivity index (χ0v) is 9.73. The summed E-state index contributed by atoms with van der Waals surface area (Å²) < 4.78 is 0. The summed E-state index contributed by atoms with van der Waals surface area (Å²) in [6.45, 7) is 7.56. The lowest BCUT2D eigenvalue weighted by atomic mass is 9.83. The van der Waals surface area contributed by atoms with Gasteiger partial charge in [-0.2, -0.15) is 0 Å². The lowest BCUT2D eigenvalue weighted by Crippen LogP contribution is -2.32. The van der Waals surface area contributed by atoms with Gasteiger partial charge in [0.15, 0.2) is 0 Å². The van der Waals surface area contributed by atoms with Crippen molar-refractivity contribution in [1.29, 1.82) is 0 Å². The van der Waals surface area contributed by atoms with Gasteiger partial charge in [0, 0.05) is 19.5 Å². The van der Waals surface area contributed by atoms with Crippen LogP contribution in [0.1, 0.15) is 46.5 Å². The number of carbonyl (C=O) groups excluding carboxylic acids is 1. The van der Waals surface area contributed by atoms with Crippen molar-refractivity contribution in [2.75, 3.05) is 13.1 Å². The van der Waals surface area contributed by atoms with Gasteiger partial charge in [-0.25, -0.2) is 0 Å². The Hall–Kier alpha value is -0.570. The van der Waals surface area contributed by atoms with Crippen molar-refractivity contribution in [2.24, 2.45) is 11.1 Å². The number of amides is 1. The van der Waals surface area contributed by atoms with E-state index in [1.165, 1.54) is 12.8 Å². The average molecular weight is 200 g/mol. The molecule has 14 heavy (non-hydrogen) atoms. The molecule has 0 aliphatic carbocycles. The first kappa shape index (κ1) is 13.4. The van der Waals surface area contributed by atoms with E-state index < -0.39 is 0 Å². The molecule has 84 valence electrons. The SMILES string of the molecule is CCCCC(C)(C)CC(=O)NCCN. The van der Waals surface area contributed by atoms with Crippen LogP contribution < -0.4 is 11.1 Å². The lowest BCUT2D eigenvalue weighted by molar-refractivity contribution is -0.123. The first-order chi connectivity index (χ1) is 6.52. The fraction of sp³-hybridized carbons (Fsp3) is 0.909. The molecule has 0 fully saturated rings. The summed E-state index contributed by atoms with van der Waals surface area (Å²) in [5.41, 5.74) is 5.43. The molecule has 0 atom stereocenters. The molecule has 0 aliphatic heterocycles. The van der Waals surface area contributed by atoms with Gasteiger partial charge in [0.25, 0.3) is 0 Å². The van der Waals surface area contributed by atoms with Crippen molar-refractivity contribution in [1.82, 2.24) is 5.32 Å². The van der Waals surface area contributed by atoms with E-state index in [1.807, 2.05) is 0 Å². The molecule has 0 spiro atoms. The van der Waals surface area contributed by atoms with Crippen LogP contribution in [-0.4, -0.2) is 19.0 Å². The number of rotatable bonds is 7. The van der Waals surface area contributed by atoms with Gasteiger partial charge in [0.05, 0.1) is 0 Å². The highest BCUT2D eigenvalue weighted by molar-refractivity contribution is 5.76. The predicted octanol–water partition coefficient (Wildman–Crippen LogP) is 1.67. The van der Waals surface area contributed by atoms with Gasteiger partial charge in [0.2, 0.25) is 5.91 Å². The van der Waals surface area contributed by atoms with Gasteiger partial charge in [-0.1, -0.05) is 33.6 Å². The Morgan fingerprint density at radius 1 is 1.43 bits per heavy atom. The van der Waals surface area contributed by atoms with E-state index in [4.69, 9.17) is 5.73 Å². The van der Waals surface area contributed by atoms with E-state index in [-0.39, 0.29) is 11.3 Å². The minimum absolute atomic E-state index is 0.120. The van der Waals surface area contributed by atoms with Crippen molar-refractivity contribution in [3.63, 3.8) is 0 Å². The topological polar surface area (TPSA) is 55.1 Å². The van der Waals surface area contributed by atoms with E-state index >= 15 is 0 Å². The second-order valence-electron chi connectivity index (χ2n) is 4.58. The third-order valence-electron chi connectivity index (χ3n) is 2.31. The highest BCUT2D eigenvalue weighted by Gasteiger charge is 2.20. The quantitative estimate of drug-likeness (QED) is 0.657. The molecular formula is C11H24N2O. The maximum Gasteiger partial charge on any atom is 0.220 e. The molecule has 3 heteroatoms. The number of hydrogen-bond acceptors (Lipinski definition) is 2. The van der Waals surface area contributed by atoms with Crippen molar-refractivity contribution in [3.8, 4) is 0 Å². The molecule has 0 saturated heterocycles. The highest BCUT2D eigenvalue weighted by atomic mass is 16.1. The second-order valence-corrected chi connectivity index (χ2v) is 4.58. The predicted molar refractivity (Wildman–Crippen MR) is 60.0 cm³/mol. The van der Waals surface area contributed by atoms with E-state index in [1.54, 1.807) is 0 Å². The summed E-state index contributed by atoms with van der Waals surface area (Å²) in [5.74, 6) is 0.122. The van der Waals surface area contributed by atoms with Crippen molar-refractivity contribution in [2.45, 2.75) is 46.5 Å². The minimum Gasteiger partial charge on any atom is -0.355 e. The number of hydrogen-bond donors (Lipinski definition) is 2. The molecule has 3 N–H and O–H groups in total. The average Bonchev–Trinajstić information content (AvgIpc) is 2.11. The van der Waals surface area contributed by atoms with E-state index in [0.717, 1.165) is 6.42 Å². The van der Waals surface area contributed by atoms with Crippen LogP contribution in [-0.2, 0) is 4.79 Å². The van der Waals surface area contributed by atoms with Crippen molar-refractivity contribution >= 4 is 5.91 Å². The van der Waals surface area contributed by atoms with Gasteiger partial charge >= 0.3 is 0 Å². The molecular weight excluding hydrogens is 176 g/mol. The van der Waals surface area contributed by atoms with Crippen LogP contribution in [0.15, 0.2) is 0 Å².